The van der Waals surface area contributed by atoms with Crippen molar-refractivity contribution in [3.63, 3.8) is 0 Å². The summed E-state index contributed by atoms with van der Waals surface area (Å²) in [7, 11) is 0. The molecule has 0 radical (unpaired) electrons. The molecule has 0 saturated carbocycles. The number of amides is 1. The summed E-state index contributed by atoms with van der Waals surface area (Å²) in [6, 6.07) is 4.40. The van der Waals surface area contributed by atoms with E-state index in [1.54, 1.807) is 6.07 Å². The standard InChI is InChI=1S/C21H26FN3O4/c22-16-1-2-17-18(11-16)24-19(23-17)9-15-12-25(6-3-14(15)10-20(26)27)21(28)13-4-7-29-8-5-13/h1-2,11,13-15H,3-10,12H2,(H,23,24)(H,26,27). The number of carbonyl (C=O) groups excluding carboxylic acids is 1. The molecule has 1 amide bonds. The average Bonchev–Trinajstić information content (AvgIpc) is 3.10. The van der Waals surface area contributed by atoms with E-state index in [1.165, 1.54) is 12.1 Å². The molecule has 2 atom stereocenters. The van der Waals surface area contributed by atoms with E-state index in [0.717, 1.165) is 12.8 Å². The van der Waals surface area contributed by atoms with Crippen LogP contribution in [0, 0.1) is 23.6 Å². The normalized spacial score (nSPS) is 23.4. The number of aromatic nitrogens is 2. The van der Waals surface area contributed by atoms with E-state index in [9.17, 15) is 19.1 Å². The fraction of sp³-hybridized carbons (Fsp3) is 0.571. The van der Waals surface area contributed by atoms with Crippen LogP contribution in [-0.2, 0) is 20.7 Å². The van der Waals surface area contributed by atoms with Gasteiger partial charge in [-0.3, -0.25) is 9.59 Å². The minimum Gasteiger partial charge on any atom is -0.481 e. The third-order valence-electron chi connectivity index (χ3n) is 6.16. The van der Waals surface area contributed by atoms with Gasteiger partial charge in [-0.1, -0.05) is 0 Å². The Morgan fingerprint density at radius 2 is 2.03 bits per heavy atom. The van der Waals surface area contributed by atoms with Crippen LogP contribution in [0.5, 0.6) is 0 Å². The van der Waals surface area contributed by atoms with Crippen molar-refractivity contribution in [2.24, 2.45) is 17.8 Å². The Balaban J connectivity index is 1.50. The first kappa shape index (κ1) is 19.8. The Bertz CT molecular complexity index is 893. The summed E-state index contributed by atoms with van der Waals surface area (Å²) < 4.78 is 18.8. The molecule has 2 unspecified atom stereocenters. The minimum absolute atomic E-state index is 0.00500. The fourth-order valence-corrected chi connectivity index (χ4v) is 4.59. The Kier molecular flexibility index (Phi) is 5.80. The second-order valence-corrected chi connectivity index (χ2v) is 8.13. The second kappa shape index (κ2) is 8.49. The minimum atomic E-state index is -0.823. The van der Waals surface area contributed by atoms with Gasteiger partial charge in [0.05, 0.1) is 11.0 Å². The number of fused-ring (bicyclic) bond motifs is 1. The topological polar surface area (TPSA) is 95.5 Å². The second-order valence-electron chi connectivity index (χ2n) is 8.13. The molecule has 2 aliphatic rings. The Morgan fingerprint density at radius 3 is 2.79 bits per heavy atom. The third-order valence-corrected chi connectivity index (χ3v) is 6.16. The molecular formula is C21H26FN3O4. The lowest BCUT2D eigenvalue weighted by Crippen LogP contribution is -2.48. The van der Waals surface area contributed by atoms with Gasteiger partial charge in [0, 0.05) is 45.1 Å². The highest BCUT2D eigenvalue weighted by molar-refractivity contribution is 5.79. The van der Waals surface area contributed by atoms with Gasteiger partial charge in [-0.15, -0.1) is 0 Å². The lowest BCUT2D eigenvalue weighted by atomic mass is 9.80. The highest BCUT2D eigenvalue weighted by Crippen LogP contribution is 2.31. The van der Waals surface area contributed by atoms with E-state index in [2.05, 4.69) is 9.97 Å². The van der Waals surface area contributed by atoms with Crippen molar-refractivity contribution in [2.75, 3.05) is 26.3 Å². The molecule has 2 N–H and O–H groups in total. The molecule has 0 spiro atoms. The maximum Gasteiger partial charge on any atom is 0.303 e. The van der Waals surface area contributed by atoms with Gasteiger partial charge in [0.15, 0.2) is 0 Å². The van der Waals surface area contributed by atoms with E-state index in [4.69, 9.17) is 4.74 Å². The number of carboxylic acids is 1. The van der Waals surface area contributed by atoms with Crippen LogP contribution in [-0.4, -0.2) is 58.2 Å². The van der Waals surface area contributed by atoms with E-state index in [0.29, 0.717) is 56.0 Å². The van der Waals surface area contributed by atoms with Gasteiger partial charge >= 0.3 is 5.97 Å². The highest BCUT2D eigenvalue weighted by atomic mass is 19.1. The number of nitrogens with one attached hydrogen (secondary N) is 1. The number of nitrogens with zero attached hydrogens (tertiary/aromatic N) is 2. The summed E-state index contributed by atoms with van der Waals surface area (Å²) in [5.74, 6) is -0.330. The maximum atomic E-state index is 13.5. The number of aromatic amines is 1. The van der Waals surface area contributed by atoms with Gasteiger partial charge in [0.1, 0.15) is 11.6 Å². The van der Waals surface area contributed by atoms with E-state index in [-0.39, 0.29) is 35.9 Å². The third kappa shape index (κ3) is 4.58. The molecule has 1 aromatic heterocycles. The number of likely N-dealkylation sites (tertiary alicyclic amines) is 1. The molecule has 29 heavy (non-hydrogen) atoms. The smallest absolute Gasteiger partial charge is 0.303 e. The van der Waals surface area contributed by atoms with Crippen LogP contribution in [0.2, 0.25) is 0 Å². The Hall–Kier alpha value is -2.48. The largest absolute Gasteiger partial charge is 0.481 e. The quantitative estimate of drug-likeness (QED) is 0.800. The molecular weight excluding hydrogens is 377 g/mol. The maximum absolute atomic E-state index is 13.5. The van der Waals surface area contributed by atoms with Crippen molar-refractivity contribution < 1.29 is 23.8 Å². The zero-order valence-electron chi connectivity index (χ0n) is 16.3. The zero-order valence-corrected chi connectivity index (χ0v) is 16.3. The molecule has 156 valence electrons. The summed E-state index contributed by atoms with van der Waals surface area (Å²) >= 11 is 0. The van der Waals surface area contributed by atoms with Crippen molar-refractivity contribution in [1.29, 1.82) is 0 Å². The van der Waals surface area contributed by atoms with E-state index < -0.39 is 5.97 Å². The van der Waals surface area contributed by atoms with Gasteiger partial charge in [-0.2, -0.15) is 0 Å². The number of carbonyl (C=O) groups is 2. The molecule has 2 saturated heterocycles. The van der Waals surface area contributed by atoms with Crippen molar-refractivity contribution in [2.45, 2.75) is 32.1 Å². The summed E-state index contributed by atoms with van der Waals surface area (Å²) in [6.07, 6.45) is 2.77. The monoisotopic (exact) mass is 403 g/mol. The van der Waals surface area contributed by atoms with Crippen LogP contribution < -0.4 is 0 Å². The number of hydrogen-bond acceptors (Lipinski definition) is 4. The van der Waals surface area contributed by atoms with Crippen LogP contribution in [0.25, 0.3) is 11.0 Å². The van der Waals surface area contributed by atoms with Gasteiger partial charge in [-0.05, 0) is 49.3 Å². The number of benzene rings is 1. The van der Waals surface area contributed by atoms with Crippen molar-refractivity contribution in [3.8, 4) is 0 Å². The first-order valence-electron chi connectivity index (χ1n) is 10.2. The first-order valence-corrected chi connectivity index (χ1v) is 10.2. The number of imidazole rings is 1. The summed E-state index contributed by atoms with van der Waals surface area (Å²) in [5.41, 5.74) is 1.31. The predicted molar refractivity (Wildman–Crippen MR) is 104 cm³/mol. The van der Waals surface area contributed by atoms with Crippen LogP contribution >= 0.6 is 0 Å². The molecule has 8 heteroatoms. The predicted octanol–water partition coefficient (Wildman–Crippen LogP) is 2.61. The summed E-state index contributed by atoms with van der Waals surface area (Å²) in [5, 5.41) is 9.31. The van der Waals surface area contributed by atoms with E-state index in [1.807, 2.05) is 4.90 Å². The molecule has 3 heterocycles. The Morgan fingerprint density at radius 1 is 1.24 bits per heavy atom. The highest BCUT2D eigenvalue weighted by Gasteiger charge is 2.35. The van der Waals surface area contributed by atoms with Crippen molar-refractivity contribution >= 4 is 22.9 Å². The SMILES string of the molecule is O=C(O)CC1CCN(C(=O)C2CCOCC2)CC1Cc1nc2ccc(F)cc2[nH]1. The van der Waals surface area contributed by atoms with Crippen LogP contribution in [0.1, 0.15) is 31.5 Å². The molecule has 1 aromatic carbocycles. The number of halogens is 1. The molecule has 0 aliphatic carbocycles. The zero-order chi connectivity index (χ0) is 20.4. The van der Waals surface area contributed by atoms with Crippen LogP contribution in [0.4, 0.5) is 4.39 Å². The number of ether oxygens (including phenoxy) is 1. The molecule has 2 aliphatic heterocycles. The van der Waals surface area contributed by atoms with Crippen LogP contribution in [0.3, 0.4) is 0 Å². The number of aliphatic carboxylic acids is 1. The van der Waals surface area contributed by atoms with Crippen LogP contribution in [0.15, 0.2) is 18.2 Å². The number of H-pyrrole nitrogens is 1. The molecule has 7 nitrogen and oxygen atoms in total. The average molecular weight is 403 g/mol. The van der Waals surface area contributed by atoms with Crippen molar-refractivity contribution in [3.05, 3.63) is 29.8 Å². The van der Waals surface area contributed by atoms with Gasteiger partial charge in [-0.25, -0.2) is 9.37 Å². The summed E-state index contributed by atoms with van der Waals surface area (Å²) in [6.45, 7) is 2.35. The molecule has 2 aromatic rings. The molecule has 4 rings (SSSR count). The van der Waals surface area contributed by atoms with Crippen molar-refractivity contribution in [1.82, 2.24) is 14.9 Å². The number of piperidine rings is 1. The molecule has 2 fully saturated rings. The van der Waals surface area contributed by atoms with Gasteiger partial charge < -0.3 is 19.7 Å². The Labute approximate surface area is 168 Å². The van der Waals surface area contributed by atoms with Gasteiger partial charge in [0.2, 0.25) is 5.91 Å². The molecule has 0 bridgehead atoms. The number of carboxylic acid groups (broad SMARTS) is 1. The van der Waals surface area contributed by atoms with E-state index >= 15 is 0 Å². The lowest BCUT2D eigenvalue weighted by molar-refractivity contribution is -0.142. The summed E-state index contributed by atoms with van der Waals surface area (Å²) in [4.78, 5) is 33.9. The number of rotatable bonds is 5. The number of hydrogen-bond donors (Lipinski definition) is 2. The fourth-order valence-electron chi connectivity index (χ4n) is 4.59. The van der Waals surface area contributed by atoms with Gasteiger partial charge in [0.25, 0.3) is 0 Å². The lowest BCUT2D eigenvalue weighted by Gasteiger charge is -2.40. The first-order chi connectivity index (χ1) is 14.0.